The Morgan fingerprint density at radius 2 is 1.45 bits per heavy atom. The molecule has 0 fully saturated rings. The van der Waals surface area contributed by atoms with E-state index in [0.29, 0.717) is 10.8 Å². The van der Waals surface area contributed by atoms with Crippen LogP contribution in [0.3, 0.4) is 0 Å². The molecule has 2 N–H and O–H groups in total. The molecule has 0 bridgehead atoms. The number of fused-ring (bicyclic) bond motifs is 2. The Bertz CT molecular complexity index is 1370. The van der Waals surface area contributed by atoms with E-state index in [1.165, 1.54) is 12.1 Å². The first-order valence-corrected chi connectivity index (χ1v) is 9.63. The van der Waals surface area contributed by atoms with Crippen molar-refractivity contribution < 1.29 is 52.7 Å². The predicted octanol–water partition coefficient (Wildman–Crippen LogP) is 1.44. The molecule has 0 amide bonds. The van der Waals surface area contributed by atoms with Gasteiger partial charge in [0.25, 0.3) is 10.1 Å². The van der Waals surface area contributed by atoms with Gasteiger partial charge in [-0.25, -0.2) is 0 Å². The second-order valence-corrected chi connectivity index (χ2v) is 7.46. The van der Waals surface area contributed by atoms with Gasteiger partial charge in [-0.1, -0.05) is 66.4 Å². The fraction of sp³-hybridized carbons (Fsp3) is 0. The second-order valence-electron chi connectivity index (χ2n) is 6.10. The SMILES string of the molecule is O=S(=O)(O)c1c(O)cc(N=Nc2c([O-])ccc3ccccc23)c2ccccc12.[Na+]. The topological polar surface area (TPSA) is 122 Å². The maximum atomic E-state index is 12.3. The third-order valence-electron chi connectivity index (χ3n) is 4.33. The third kappa shape index (κ3) is 3.98. The molecule has 0 aromatic heterocycles. The Kier molecular flexibility index (Phi) is 5.92. The molecular formula is C20H13N2NaO5S. The number of benzene rings is 4. The summed E-state index contributed by atoms with van der Waals surface area (Å²) in [6, 6.07) is 17.6. The van der Waals surface area contributed by atoms with E-state index in [1.54, 1.807) is 36.4 Å². The van der Waals surface area contributed by atoms with Crippen LogP contribution in [0.15, 0.2) is 81.9 Å². The summed E-state index contributed by atoms with van der Waals surface area (Å²) in [4.78, 5) is -0.600. The van der Waals surface area contributed by atoms with E-state index in [-0.39, 0.29) is 52.1 Å². The summed E-state index contributed by atoms with van der Waals surface area (Å²) >= 11 is 0. The van der Waals surface area contributed by atoms with Crippen molar-refractivity contribution in [3.05, 3.63) is 66.7 Å². The Balaban J connectivity index is 0.00000240. The van der Waals surface area contributed by atoms with Crippen LogP contribution in [0.4, 0.5) is 11.4 Å². The normalized spacial score (nSPS) is 11.8. The van der Waals surface area contributed by atoms with Crippen molar-refractivity contribution in [2.75, 3.05) is 0 Å². The molecule has 0 aliphatic heterocycles. The van der Waals surface area contributed by atoms with E-state index in [4.69, 9.17) is 0 Å². The maximum absolute atomic E-state index is 12.3. The average molecular weight is 416 g/mol. The largest absolute Gasteiger partial charge is 1.00 e. The Morgan fingerprint density at radius 1 is 0.828 bits per heavy atom. The van der Waals surface area contributed by atoms with Crippen molar-refractivity contribution in [3.63, 3.8) is 0 Å². The molecule has 4 aromatic carbocycles. The molecule has 0 heterocycles. The Hall–Kier alpha value is -2.49. The van der Waals surface area contributed by atoms with Gasteiger partial charge in [-0.2, -0.15) is 13.5 Å². The monoisotopic (exact) mass is 416 g/mol. The van der Waals surface area contributed by atoms with Gasteiger partial charge in [-0.3, -0.25) is 4.55 Å². The van der Waals surface area contributed by atoms with Crippen molar-refractivity contribution in [2.24, 2.45) is 10.2 Å². The molecule has 0 atom stereocenters. The molecule has 140 valence electrons. The number of nitrogens with zero attached hydrogens (tertiary/aromatic N) is 2. The number of azo groups is 1. The van der Waals surface area contributed by atoms with Gasteiger partial charge in [0.1, 0.15) is 10.6 Å². The van der Waals surface area contributed by atoms with Crippen molar-refractivity contribution in [1.82, 2.24) is 0 Å². The number of hydrogen-bond acceptors (Lipinski definition) is 6. The molecule has 29 heavy (non-hydrogen) atoms. The van der Waals surface area contributed by atoms with E-state index >= 15 is 0 Å². The molecule has 0 aliphatic rings. The standard InChI is InChI=1S/C20H14N2O5S.Na/c23-17-10-9-12-5-1-2-6-13(12)19(17)22-21-16-11-18(24)20(28(25,26)27)15-8-4-3-7-14(15)16;/h1-11,23-24H,(H,25,26,27);/q;+1/p-1. The van der Waals surface area contributed by atoms with Gasteiger partial charge in [0.05, 0.1) is 11.4 Å². The quantitative estimate of drug-likeness (QED) is 0.297. The van der Waals surface area contributed by atoms with Gasteiger partial charge in [0.15, 0.2) is 0 Å². The van der Waals surface area contributed by atoms with E-state index in [9.17, 15) is 23.2 Å². The van der Waals surface area contributed by atoms with Crippen LogP contribution in [0.25, 0.3) is 21.5 Å². The molecular weight excluding hydrogens is 403 g/mol. The van der Waals surface area contributed by atoms with Gasteiger partial charge in [-0.15, -0.1) is 5.11 Å². The summed E-state index contributed by atoms with van der Waals surface area (Å²) in [6.45, 7) is 0. The molecule has 0 spiro atoms. The minimum atomic E-state index is -4.65. The first kappa shape index (κ1) is 21.2. The molecule has 4 rings (SSSR count). The smallest absolute Gasteiger partial charge is 0.871 e. The molecule has 0 saturated carbocycles. The van der Waals surface area contributed by atoms with Crippen molar-refractivity contribution in [2.45, 2.75) is 4.90 Å². The molecule has 0 radical (unpaired) electrons. The van der Waals surface area contributed by atoms with Gasteiger partial charge >= 0.3 is 29.6 Å². The number of aromatic hydroxyl groups is 1. The van der Waals surface area contributed by atoms with Gasteiger partial charge in [-0.05, 0) is 5.39 Å². The van der Waals surface area contributed by atoms with E-state index in [1.807, 2.05) is 12.1 Å². The second kappa shape index (κ2) is 8.10. The Morgan fingerprint density at radius 3 is 2.14 bits per heavy atom. The zero-order chi connectivity index (χ0) is 19.9. The molecule has 0 saturated heterocycles. The molecule has 7 nitrogen and oxygen atoms in total. The minimum Gasteiger partial charge on any atom is -0.871 e. The van der Waals surface area contributed by atoms with Gasteiger partial charge in [0.2, 0.25) is 0 Å². The van der Waals surface area contributed by atoms with Crippen LogP contribution in [0.5, 0.6) is 11.5 Å². The first-order chi connectivity index (χ1) is 13.4. The van der Waals surface area contributed by atoms with E-state index in [2.05, 4.69) is 10.2 Å². The Labute approximate surface area is 188 Å². The number of phenolic OH excluding ortho intramolecular Hbond substituents is 1. The van der Waals surface area contributed by atoms with Crippen LogP contribution in [0.1, 0.15) is 0 Å². The first-order valence-electron chi connectivity index (χ1n) is 8.19. The van der Waals surface area contributed by atoms with Gasteiger partial charge < -0.3 is 10.2 Å². The maximum Gasteiger partial charge on any atom is 1.00 e. The molecule has 4 aromatic rings. The molecule has 0 unspecified atom stereocenters. The zero-order valence-corrected chi connectivity index (χ0v) is 18.1. The van der Waals surface area contributed by atoms with Crippen molar-refractivity contribution in [1.29, 1.82) is 0 Å². The van der Waals surface area contributed by atoms with Crippen LogP contribution >= 0.6 is 0 Å². The summed E-state index contributed by atoms with van der Waals surface area (Å²) in [5, 5.41) is 32.5. The fourth-order valence-corrected chi connectivity index (χ4v) is 3.89. The summed E-state index contributed by atoms with van der Waals surface area (Å²) in [5.74, 6) is -0.971. The van der Waals surface area contributed by atoms with Crippen molar-refractivity contribution in [3.8, 4) is 11.5 Å². The minimum absolute atomic E-state index is 0. The van der Waals surface area contributed by atoms with Gasteiger partial charge in [0, 0.05) is 22.2 Å². The molecule has 0 aliphatic carbocycles. The number of hydrogen-bond donors (Lipinski definition) is 2. The summed E-state index contributed by atoms with van der Waals surface area (Å²) in [5.41, 5.74) is 0.299. The van der Waals surface area contributed by atoms with Crippen LogP contribution in [0, 0.1) is 0 Å². The van der Waals surface area contributed by atoms with E-state index < -0.39 is 20.8 Å². The summed E-state index contributed by atoms with van der Waals surface area (Å²) < 4.78 is 32.7. The zero-order valence-electron chi connectivity index (χ0n) is 15.3. The van der Waals surface area contributed by atoms with E-state index in [0.717, 1.165) is 11.5 Å². The number of rotatable bonds is 3. The molecule has 9 heteroatoms. The van der Waals surface area contributed by atoms with Crippen LogP contribution < -0.4 is 34.7 Å². The summed E-state index contributed by atoms with van der Waals surface area (Å²) in [6.07, 6.45) is 0. The van der Waals surface area contributed by atoms with Crippen LogP contribution in [-0.2, 0) is 10.1 Å². The predicted molar refractivity (Wildman–Crippen MR) is 103 cm³/mol. The fourth-order valence-electron chi connectivity index (χ4n) is 3.11. The summed E-state index contributed by atoms with van der Waals surface area (Å²) in [7, 11) is -4.65. The van der Waals surface area contributed by atoms with Crippen molar-refractivity contribution >= 4 is 43.0 Å². The van der Waals surface area contributed by atoms with Crippen LogP contribution in [-0.4, -0.2) is 18.1 Å². The third-order valence-corrected chi connectivity index (χ3v) is 5.28. The number of phenols is 1. The van der Waals surface area contributed by atoms with Crippen LogP contribution in [0.2, 0.25) is 0 Å². The average Bonchev–Trinajstić information content (AvgIpc) is 2.66.